The zero-order valence-electron chi connectivity index (χ0n) is 21.2. The molecule has 1 aliphatic rings. The Balaban J connectivity index is 1.12. The molecule has 0 aliphatic carbocycles. The van der Waals surface area contributed by atoms with Gasteiger partial charge in [0.1, 0.15) is 0 Å². The number of hydrogen-bond acceptors (Lipinski definition) is 6. The first-order chi connectivity index (χ1) is 19.0. The van der Waals surface area contributed by atoms with E-state index in [9.17, 15) is 15.1 Å². The second-order valence-electron chi connectivity index (χ2n) is 9.67. The van der Waals surface area contributed by atoms with Crippen LogP contribution in [0.1, 0.15) is 23.2 Å². The molecule has 0 spiro atoms. The molecule has 3 heterocycles. The van der Waals surface area contributed by atoms with Crippen molar-refractivity contribution in [3.63, 3.8) is 0 Å². The summed E-state index contributed by atoms with van der Waals surface area (Å²) in [6, 6.07) is 24.9. The highest BCUT2D eigenvalue weighted by atomic mass is 16.5. The molecule has 0 bridgehead atoms. The van der Waals surface area contributed by atoms with Crippen molar-refractivity contribution in [2.24, 2.45) is 0 Å². The van der Waals surface area contributed by atoms with Crippen molar-refractivity contribution in [2.45, 2.75) is 18.9 Å². The van der Waals surface area contributed by atoms with Gasteiger partial charge in [0, 0.05) is 53.4 Å². The minimum absolute atomic E-state index is 0.177. The summed E-state index contributed by atoms with van der Waals surface area (Å²) < 4.78 is 2.50. The summed E-state index contributed by atoms with van der Waals surface area (Å²) in [5.41, 5.74) is 6.04. The van der Waals surface area contributed by atoms with E-state index < -0.39 is 0 Å². The van der Waals surface area contributed by atoms with Gasteiger partial charge in [-0.05, 0) is 79.6 Å². The van der Waals surface area contributed by atoms with Gasteiger partial charge in [0.2, 0.25) is 0 Å². The molecule has 6 rings (SSSR count). The lowest BCUT2D eigenvalue weighted by molar-refractivity contribution is -0.605. The minimum Gasteiger partial charge on any atom is -0.619 e. The first kappa shape index (κ1) is 24.4. The van der Waals surface area contributed by atoms with Crippen LogP contribution in [0.15, 0.2) is 97.5 Å². The van der Waals surface area contributed by atoms with Gasteiger partial charge in [-0.3, -0.25) is 4.79 Å². The Bertz CT molecular complexity index is 1590. The summed E-state index contributed by atoms with van der Waals surface area (Å²) in [6.07, 6.45) is 5.87. The average Bonchev–Trinajstić information content (AvgIpc) is 3.38. The summed E-state index contributed by atoms with van der Waals surface area (Å²) in [5, 5.41) is 32.8. The quantitative estimate of drug-likeness (QED) is 0.223. The first-order valence-electron chi connectivity index (χ1n) is 12.9. The normalized spacial score (nSPS) is 13.9. The molecule has 9 heteroatoms. The molecule has 3 aromatic carbocycles. The standard InChI is InChI=1S/C30H28N6O3/c37-28-13-15-34(16-14-28)26-6-1-23(2-7-26)32-25-5-10-29-22(19-25)20-31-36(29)27-8-3-24(4-9-27)33-30(38)21-11-17-35(39)18-12-21/h1-12,17-20,28,32,37H,13-16H2,(H,33,38). The molecule has 9 nitrogen and oxygen atoms in total. The fourth-order valence-corrected chi connectivity index (χ4v) is 4.82. The lowest BCUT2D eigenvalue weighted by Crippen LogP contribution is -2.35. The maximum atomic E-state index is 12.4. The van der Waals surface area contributed by atoms with Gasteiger partial charge in [0.25, 0.3) is 5.91 Å². The third kappa shape index (κ3) is 5.39. The van der Waals surface area contributed by atoms with Gasteiger partial charge in [-0.25, -0.2) is 4.68 Å². The number of carbonyl (C=O) groups is 1. The molecule has 1 fully saturated rings. The van der Waals surface area contributed by atoms with E-state index in [1.807, 2.05) is 47.3 Å². The van der Waals surface area contributed by atoms with Crippen molar-refractivity contribution in [3.05, 3.63) is 108 Å². The predicted molar refractivity (Wildman–Crippen MR) is 152 cm³/mol. The monoisotopic (exact) mass is 520 g/mol. The van der Waals surface area contributed by atoms with Crippen molar-refractivity contribution in [2.75, 3.05) is 28.6 Å². The van der Waals surface area contributed by atoms with Gasteiger partial charge in [0.15, 0.2) is 12.4 Å². The largest absolute Gasteiger partial charge is 0.619 e. The first-order valence-corrected chi connectivity index (χ1v) is 12.9. The fraction of sp³-hybridized carbons (Fsp3) is 0.167. The third-order valence-corrected chi connectivity index (χ3v) is 6.99. The number of carbonyl (C=O) groups excluding carboxylic acids is 1. The van der Waals surface area contributed by atoms with Gasteiger partial charge in [-0.2, -0.15) is 9.83 Å². The number of nitrogens with zero attached hydrogens (tertiary/aromatic N) is 4. The van der Waals surface area contributed by atoms with E-state index in [1.54, 1.807) is 0 Å². The maximum Gasteiger partial charge on any atom is 0.256 e. The second kappa shape index (κ2) is 10.5. The maximum absolute atomic E-state index is 12.4. The van der Waals surface area contributed by atoms with Gasteiger partial charge >= 0.3 is 0 Å². The summed E-state index contributed by atoms with van der Waals surface area (Å²) in [4.78, 5) is 14.7. The molecule has 1 aliphatic heterocycles. The number of fused-ring (bicyclic) bond motifs is 1. The number of anilines is 4. The van der Waals surface area contributed by atoms with E-state index >= 15 is 0 Å². The van der Waals surface area contributed by atoms with Crippen LogP contribution in [0.25, 0.3) is 16.6 Å². The number of nitrogens with one attached hydrogen (secondary N) is 2. The fourth-order valence-electron chi connectivity index (χ4n) is 4.82. The number of piperidine rings is 1. The van der Waals surface area contributed by atoms with Crippen molar-refractivity contribution in [1.29, 1.82) is 0 Å². The van der Waals surface area contributed by atoms with E-state index in [4.69, 9.17) is 0 Å². The van der Waals surface area contributed by atoms with E-state index in [-0.39, 0.29) is 12.0 Å². The number of pyridine rings is 1. The molecule has 1 amide bonds. The molecular weight excluding hydrogens is 492 g/mol. The molecular formula is C30H28N6O3. The smallest absolute Gasteiger partial charge is 0.256 e. The Morgan fingerprint density at radius 2 is 1.51 bits per heavy atom. The molecule has 0 radical (unpaired) electrons. The van der Waals surface area contributed by atoms with Crippen LogP contribution >= 0.6 is 0 Å². The summed E-state index contributed by atoms with van der Waals surface area (Å²) >= 11 is 0. The van der Waals surface area contributed by atoms with E-state index in [0.29, 0.717) is 16.0 Å². The Labute approximate surface area is 225 Å². The van der Waals surface area contributed by atoms with Crippen LogP contribution in [0.2, 0.25) is 0 Å². The van der Waals surface area contributed by atoms with E-state index in [1.165, 1.54) is 30.2 Å². The Morgan fingerprint density at radius 3 is 2.23 bits per heavy atom. The van der Waals surface area contributed by atoms with Crippen LogP contribution in [0.5, 0.6) is 0 Å². The molecule has 0 unspecified atom stereocenters. The van der Waals surface area contributed by atoms with Crippen LogP contribution in [0.3, 0.4) is 0 Å². The highest BCUT2D eigenvalue weighted by molar-refractivity contribution is 6.04. The van der Waals surface area contributed by atoms with Gasteiger partial charge in [-0.15, -0.1) is 0 Å². The van der Waals surface area contributed by atoms with Crippen molar-refractivity contribution in [3.8, 4) is 5.69 Å². The number of aliphatic hydroxyl groups excluding tert-OH is 1. The predicted octanol–water partition coefficient (Wildman–Crippen LogP) is 4.62. The molecule has 196 valence electrons. The number of aromatic nitrogens is 3. The van der Waals surface area contributed by atoms with Crippen molar-refractivity contribution < 1.29 is 14.6 Å². The summed E-state index contributed by atoms with van der Waals surface area (Å²) in [7, 11) is 0. The summed E-state index contributed by atoms with van der Waals surface area (Å²) in [5.74, 6) is -0.283. The Kier molecular flexibility index (Phi) is 6.56. The van der Waals surface area contributed by atoms with Gasteiger partial charge < -0.3 is 25.8 Å². The molecule has 39 heavy (non-hydrogen) atoms. The number of rotatable bonds is 6. The Hall–Kier alpha value is -4.89. The zero-order valence-corrected chi connectivity index (χ0v) is 21.2. The van der Waals surface area contributed by atoms with Crippen LogP contribution in [-0.4, -0.2) is 40.0 Å². The van der Waals surface area contributed by atoms with Crippen molar-refractivity contribution in [1.82, 2.24) is 9.78 Å². The van der Waals surface area contributed by atoms with Crippen molar-refractivity contribution >= 4 is 39.6 Å². The molecule has 5 aromatic rings. The topological polar surface area (TPSA) is 109 Å². The van der Waals surface area contributed by atoms with Gasteiger partial charge in [0.05, 0.1) is 29.1 Å². The van der Waals surface area contributed by atoms with E-state index in [0.717, 1.165) is 53.9 Å². The molecule has 0 saturated carbocycles. The Morgan fingerprint density at radius 1 is 0.872 bits per heavy atom. The number of hydrogen-bond donors (Lipinski definition) is 3. The second-order valence-corrected chi connectivity index (χ2v) is 9.67. The number of benzene rings is 3. The van der Waals surface area contributed by atoms with Gasteiger partial charge in [-0.1, -0.05) is 0 Å². The lowest BCUT2D eigenvalue weighted by Gasteiger charge is -2.31. The zero-order chi connectivity index (χ0) is 26.8. The number of amides is 1. The number of aliphatic hydroxyl groups is 1. The molecule has 1 saturated heterocycles. The average molecular weight is 521 g/mol. The van der Waals surface area contributed by atoms with Crippen LogP contribution < -0.4 is 20.3 Å². The minimum atomic E-state index is -0.283. The highest BCUT2D eigenvalue weighted by Gasteiger charge is 2.17. The molecule has 2 aromatic heterocycles. The third-order valence-electron chi connectivity index (χ3n) is 6.99. The van der Waals surface area contributed by atoms with Crippen LogP contribution in [0, 0.1) is 5.21 Å². The van der Waals surface area contributed by atoms with Crippen LogP contribution in [-0.2, 0) is 0 Å². The molecule has 0 atom stereocenters. The summed E-state index contributed by atoms with van der Waals surface area (Å²) in [6.45, 7) is 1.76. The van der Waals surface area contributed by atoms with E-state index in [2.05, 4.69) is 51.0 Å². The lowest BCUT2D eigenvalue weighted by atomic mass is 10.1. The molecule has 3 N–H and O–H groups in total. The highest BCUT2D eigenvalue weighted by Crippen LogP contribution is 2.27. The SMILES string of the molecule is O=C(Nc1ccc(-n2ncc3cc(Nc4ccc(N5CCC(O)CC5)cc4)ccc32)cc1)c1cc[n+]([O-])cc1. The van der Waals surface area contributed by atoms with Crippen LogP contribution in [0.4, 0.5) is 22.7 Å².